The first-order valence-electron chi connectivity index (χ1n) is 29.1. The number of cyclic esters (lactones) is 1. The van der Waals surface area contributed by atoms with Gasteiger partial charge in [0.05, 0.1) is 66.5 Å². The van der Waals surface area contributed by atoms with Gasteiger partial charge in [0.2, 0.25) is 0 Å². The number of rotatable bonds is 12. The number of ether oxygens (including phenoxy) is 5. The molecule has 1 unspecified atom stereocenters. The van der Waals surface area contributed by atoms with Crippen LogP contribution in [0.2, 0.25) is 0 Å². The fraction of sp³-hybridized carbons (Fsp3) is 0.678. The van der Waals surface area contributed by atoms with Gasteiger partial charge in [0.25, 0.3) is 11.8 Å². The molecule has 10 heterocycles. The van der Waals surface area contributed by atoms with Crippen molar-refractivity contribution in [2.45, 2.75) is 159 Å². The molecule has 2 amide bonds. The third-order valence-corrected chi connectivity index (χ3v) is 20.1. The van der Waals surface area contributed by atoms with Crippen LogP contribution in [0.4, 0.5) is 5.69 Å². The van der Waals surface area contributed by atoms with Gasteiger partial charge < -0.3 is 38.5 Å². The van der Waals surface area contributed by atoms with Gasteiger partial charge >= 0.3 is 5.97 Å². The smallest absolute Gasteiger partial charge is 0.324 e. The number of fused-ring (bicyclic) bond motifs is 7. The highest BCUT2D eigenvalue weighted by Gasteiger charge is 2.62. The lowest BCUT2D eigenvalue weighted by atomic mass is 9.63. The molecule has 5 atom stereocenters. The van der Waals surface area contributed by atoms with E-state index in [9.17, 15) is 9.59 Å². The molecule has 3 saturated carbocycles. The van der Waals surface area contributed by atoms with Gasteiger partial charge in [0.15, 0.2) is 0 Å². The Morgan fingerprint density at radius 2 is 1.78 bits per heavy atom. The van der Waals surface area contributed by atoms with E-state index in [2.05, 4.69) is 80.4 Å². The van der Waals surface area contributed by atoms with Gasteiger partial charge in [-0.05, 0) is 120 Å². The molecule has 1 aromatic carbocycles. The van der Waals surface area contributed by atoms with Gasteiger partial charge in [-0.3, -0.25) is 34.2 Å². The van der Waals surface area contributed by atoms with Crippen molar-refractivity contribution in [3.05, 3.63) is 52.1 Å². The van der Waals surface area contributed by atoms with Crippen molar-refractivity contribution < 1.29 is 38.1 Å². The van der Waals surface area contributed by atoms with Crippen LogP contribution in [0, 0.1) is 16.7 Å². The number of nitrogens with zero attached hydrogens (tertiary/aromatic N) is 7. The van der Waals surface area contributed by atoms with Crippen LogP contribution in [-0.4, -0.2) is 162 Å². The molecule has 8 bridgehead atoms. The van der Waals surface area contributed by atoms with E-state index in [1.54, 1.807) is 23.5 Å². The number of esters is 1. The Labute approximate surface area is 457 Å². The normalized spacial score (nSPS) is 30.1. The molecule has 6 saturated heterocycles. The maximum atomic E-state index is 15.4. The lowest BCUT2D eigenvalue weighted by Crippen LogP contribution is -2.68. The van der Waals surface area contributed by atoms with Crippen molar-refractivity contribution in [3.8, 4) is 22.5 Å². The van der Waals surface area contributed by atoms with Crippen LogP contribution in [-0.2, 0) is 51.0 Å². The van der Waals surface area contributed by atoms with Gasteiger partial charge in [-0.25, -0.2) is 10.4 Å². The topological polar surface area (TPSA) is 165 Å². The summed E-state index contributed by atoms with van der Waals surface area (Å²) in [7, 11) is 1.75. The van der Waals surface area contributed by atoms with Crippen LogP contribution in [0.5, 0.6) is 0 Å². The zero-order valence-electron chi connectivity index (χ0n) is 45.9. The van der Waals surface area contributed by atoms with Crippen molar-refractivity contribution in [1.29, 1.82) is 0 Å². The number of pyridine rings is 1. The number of carbonyl (C=O) groups is 3. The molecule has 2 N–H and O–H groups in total. The van der Waals surface area contributed by atoms with Gasteiger partial charge in [-0.15, -0.1) is 11.3 Å². The van der Waals surface area contributed by atoms with E-state index in [1.807, 2.05) is 13.1 Å². The quantitative estimate of drug-likeness (QED) is 0.137. The molecule has 7 aliphatic heterocycles. The maximum absolute atomic E-state index is 15.4. The number of hydrogen-bond donors (Lipinski definition) is 2. The average Bonchev–Trinajstić information content (AvgIpc) is 3.82. The summed E-state index contributed by atoms with van der Waals surface area (Å²) < 4.78 is 33.7. The van der Waals surface area contributed by atoms with Crippen LogP contribution >= 0.6 is 11.3 Å². The molecule has 10 aliphatic rings. The first-order chi connectivity index (χ1) is 37.3. The first kappa shape index (κ1) is 51.9. The number of carbonyl (C=O) groups excluding carboxylic acids is 3. The minimum absolute atomic E-state index is 0.0136. The highest BCUT2D eigenvalue weighted by molar-refractivity contribution is 7.10. The summed E-state index contributed by atoms with van der Waals surface area (Å²) in [5, 5.41) is 8.87. The predicted molar refractivity (Wildman–Crippen MR) is 293 cm³/mol. The minimum Gasteiger partial charge on any atom is -0.464 e. The number of benzene rings is 1. The fourth-order valence-corrected chi connectivity index (χ4v) is 15.2. The van der Waals surface area contributed by atoms with Crippen molar-refractivity contribution in [1.82, 2.24) is 40.1 Å². The number of amides is 2. The highest BCUT2D eigenvalue weighted by atomic mass is 32.1. The number of aromatic nitrogens is 3. The monoisotopic (exact) mass is 1070 g/mol. The Balaban J connectivity index is 0.949. The molecule has 9 fully saturated rings. The van der Waals surface area contributed by atoms with E-state index in [1.165, 1.54) is 19.3 Å². The molecule has 14 rings (SSSR count). The molecule has 414 valence electrons. The van der Waals surface area contributed by atoms with Gasteiger partial charge in [0, 0.05) is 112 Å². The summed E-state index contributed by atoms with van der Waals surface area (Å²) in [6.07, 6.45) is 12.7. The van der Waals surface area contributed by atoms with E-state index in [-0.39, 0.29) is 42.1 Å². The third-order valence-electron chi connectivity index (χ3n) is 19.1. The number of nitrogens with one attached hydrogen (secondary N) is 2. The van der Waals surface area contributed by atoms with Crippen LogP contribution in [0.1, 0.15) is 127 Å². The first-order valence-corrected chi connectivity index (χ1v) is 29.9. The molecule has 17 nitrogen and oxygen atoms in total. The van der Waals surface area contributed by atoms with Crippen LogP contribution in [0.15, 0.2) is 35.8 Å². The van der Waals surface area contributed by atoms with Crippen LogP contribution < -0.4 is 15.6 Å². The van der Waals surface area contributed by atoms with Crippen molar-refractivity contribution >= 4 is 45.7 Å². The molecule has 3 aliphatic carbocycles. The fourth-order valence-electron chi connectivity index (χ4n) is 14.2. The van der Waals surface area contributed by atoms with E-state index in [4.69, 9.17) is 33.7 Å². The number of anilines is 1. The summed E-state index contributed by atoms with van der Waals surface area (Å²) >= 11 is 1.55. The standard InChI is InChI=1S/C59H79N9O8S/c1-36-39-28-59(29-39,76-36)56(71)62-50-52(66-33-58(34-66)15-7-16-58)53-61-47(32-77-53)38-9-12-48-43(26-38)45(30-57(3,4)35-75-55(70)46-8-6-17-68(63-46)54(50)69)51(67(48)22-25-74-42-13-23-73-24-14-42)44-27-41(31-60-49(44)37(2)72-5)65-20-18-64(19-21-65)40-10-11-40/h9,12,26-27,31-32,36-37,39-40,42,46,50,52,63H,6-8,10-11,13-25,28-30,33-35H2,1-5H3,(H,62,71)/t36?,37-,39?,46-,50-,52-,59?/m0/s1. The summed E-state index contributed by atoms with van der Waals surface area (Å²) in [4.78, 5) is 62.8. The largest absolute Gasteiger partial charge is 0.464 e. The second-order valence-corrected chi connectivity index (χ2v) is 26.0. The van der Waals surface area contributed by atoms with Crippen molar-refractivity contribution in [2.75, 3.05) is 84.3 Å². The summed E-state index contributed by atoms with van der Waals surface area (Å²) in [6.45, 7) is 17.1. The summed E-state index contributed by atoms with van der Waals surface area (Å²) in [5.41, 5.74) is 10.1. The zero-order valence-corrected chi connectivity index (χ0v) is 46.7. The van der Waals surface area contributed by atoms with Crippen molar-refractivity contribution in [2.24, 2.45) is 16.7 Å². The van der Waals surface area contributed by atoms with Gasteiger partial charge in [-0.1, -0.05) is 26.3 Å². The van der Waals surface area contributed by atoms with Gasteiger partial charge in [0.1, 0.15) is 22.7 Å². The average molecular weight is 1070 g/mol. The van der Waals surface area contributed by atoms with Crippen LogP contribution in [0.25, 0.3) is 33.4 Å². The molecule has 1 spiro atoms. The number of piperazine rings is 1. The van der Waals surface area contributed by atoms with E-state index in [0.717, 1.165) is 126 Å². The molecular formula is C59H79N9O8S. The Hall–Kier alpha value is -4.53. The second-order valence-electron chi connectivity index (χ2n) is 25.1. The Morgan fingerprint density at radius 1 is 0.987 bits per heavy atom. The van der Waals surface area contributed by atoms with E-state index in [0.29, 0.717) is 70.9 Å². The molecule has 4 aromatic rings. The Kier molecular flexibility index (Phi) is 13.8. The lowest BCUT2D eigenvalue weighted by molar-refractivity contribution is -0.160. The van der Waals surface area contributed by atoms with E-state index >= 15 is 4.79 Å². The molecular weight excluding hydrogens is 995 g/mol. The Bertz CT molecular complexity index is 2870. The van der Waals surface area contributed by atoms with Crippen molar-refractivity contribution in [3.63, 3.8) is 0 Å². The van der Waals surface area contributed by atoms with Crippen LogP contribution in [0.3, 0.4) is 0 Å². The third kappa shape index (κ3) is 9.81. The van der Waals surface area contributed by atoms with E-state index < -0.39 is 35.1 Å². The predicted octanol–water partition coefficient (Wildman–Crippen LogP) is 7.21. The summed E-state index contributed by atoms with van der Waals surface area (Å²) in [6, 6.07) is 7.50. The number of hydrazine groups is 1. The summed E-state index contributed by atoms with van der Waals surface area (Å²) in [5.74, 6) is -0.592. The number of thiazole rings is 1. The SMILES string of the molecule is CO[C@@H](C)c1ncc(N2CCN(C3CC3)CC2)cc1-c1c2c3cc(ccc3n1CCOC1CCOCC1)-c1csc(n1)[C@@H](N1CC3(CCC3)C1)[C@H](NC(=O)C13CC(C1)C(C)O3)C(=O)N1CCC[C@H](N1)C(=O)OCC(C)(C)C2. The lowest BCUT2D eigenvalue weighted by Gasteiger charge is -2.59. The maximum Gasteiger partial charge on any atom is 0.324 e. The molecule has 18 heteroatoms. The molecule has 0 radical (unpaired) electrons. The molecule has 77 heavy (non-hydrogen) atoms. The molecule has 3 aromatic heterocycles. The highest BCUT2D eigenvalue weighted by Crippen LogP contribution is 2.54. The minimum atomic E-state index is -0.990. The zero-order chi connectivity index (χ0) is 52.8. The number of methoxy groups -OCH3 is 1. The number of hydrogen-bond acceptors (Lipinski definition) is 15. The second kappa shape index (κ2) is 20.5. The Morgan fingerprint density at radius 3 is 2.49 bits per heavy atom. The number of likely N-dealkylation sites (tertiary alicyclic amines) is 1. The van der Waals surface area contributed by atoms with Gasteiger partial charge in [-0.2, -0.15) is 0 Å².